The summed E-state index contributed by atoms with van der Waals surface area (Å²) in [6.07, 6.45) is 4.58. The van der Waals surface area contributed by atoms with Gasteiger partial charge in [-0.2, -0.15) is 0 Å². The van der Waals surface area contributed by atoms with Crippen LogP contribution in [0.15, 0.2) is 147 Å². The molecule has 6 nitrogen and oxygen atoms in total. The van der Waals surface area contributed by atoms with Crippen LogP contribution in [0.1, 0.15) is 33.4 Å². The van der Waals surface area contributed by atoms with Gasteiger partial charge in [-0.1, -0.05) is 61.7 Å². The summed E-state index contributed by atoms with van der Waals surface area (Å²) in [5.41, 5.74) is 15.4. The highest BCUT2D eigenvalue weighted by atomic mass is 16.5. The Kier molecular flexibility index (Phi) is 12.8. The first-order valence-electron chi connectivity index (χ1n) is 19.0. The maximum Gasteiger partial charge on any atom is 0.143 e. The van der Waals surface area contributed by atoms with Crippen molar-refractivity contribution in [1.82, 2.24) is 0 Å². The molecule has 6 heteroatoms. The van der Waals surface area contributed by atoms with Crippen LogP contribution in [0.5, 0.6) is 11.5 Å². The lowest BCUT2D eigenvalue weighted by atomic mass is 10.0. The smallest absolute Gasteiger partial charge is 0.143 e. The molecule has 0 saturated heterocycles. The number of aryl methyl sites for hydroxylation is 4. The number of benzene rings is 6. The minimum atomic E-state index is 0.592. The lowest BCUT2D eigenvalue weighted by Crippen LogP contribution is -2.12. The monoisotopic (exact) mass is 744 g/mol. The molecule has 0 heterocycles. The maximum absolute atomic E-state index is 6.15. The number of nitrogens with zero attached hydrogens (tertiary/aromatic N) is 2. The first-order chi connectivity index (χ1) is 27.2. The Morgan fingerprint density at radius 1 is 0.446 bits per heavy atom. The van der Waals surface area contributed by atoms with E-state index in [1.54, 1.807) is 14.2 Å². The van der Waals surface area contributed by atoms with Crippen molar-refractivity contribution in [2.75, 3.05) is 37.2 Å². The van der Waals surface area contributed by atoms with Crippen molar-refractivity contribution in [3.05, 3.63) is 180 Å². The van der Waals surface area contributed by atoms with E-state index in [-0.39, 0.29) is 0 Å². The van der Waals surface area contributed by atoms with Crippen molar-refractivity contribution in [2.24, 2.45) is 0 Å². The molecule has 0 spiro atoms. The van der Waals surface area contributed by atoms with E-state index >= 15 is 0 Å². The molecule has 6 aromatic rings. The molecule has 0 fully saturated rings. The van der Waals surface area contributed by atoms with Gasteiger partial charge in [0.2, 0.25) is 0 Å². The molecule has 0 amide bonds. The van der Waals surface area contributed by atoms with Gasteiger partial charge in [0, 0.05) is 35.6 Å². The third-order valence-electron chi connectivity index (χ3n) is 10.3. The zero-order chi connectivity index (χ0) is 39.6. The topological polar surface area (TPSA) is 43.4 Å². The third kappa shape index (κ3) is 8.93. The van der Waals surface area contributed by atoms with Gasteiger partial charge in [0.15, 0.2) is 0 Å². The average molecular weight is 745 g/mol. The van der Waals surface area contributed by atoms with Crippen LogP contribution < -0.4 is 19.3 Å². The minimum absolute atomic E-state index is 0.592. The van der Waals surface area contributed by atoms with Crippen molar-refractivity contribution >= 4 is 34.1 Å². The number of rotatable bonds is 17. The SMILES string of the molecule is C=COCCc1ccc(N(c2ccc(C)c(C)c2)c2ccc(-c3ccc(N(c4ccc(CCOC=C)cc4)c4ccc(C)c(C)c4)c(OC)c3)cc2OC)cc1. The molecule has 0 radical (unpaired) electrons. The second-order valence-corrected chi connectivity index (χ2v) is 13.9. The van der Waals surface area contributed by atoms with Crippen molar-refractivity contribution < 1.29 is 18.9 Å². The van der Waals surface area contributed by atoms with E-state index in [2.05, 4.69) is 172 Å². The van der Waals surface area contributed by atoms with Crippen LogP contribution in [0.4, 0.5) is 34.1 Å². The molecule has 0 aliphatic heterocycles. The van der Waals surface area contributed by atoms with E-state index < -0.39 is 0 Å². The van der Waals surface area contributed by atoms with Gasteiger partial charge in [0.1, 0.15) is 11.5 Å². The summed E-state index contributed by atoms with van der Waals surface area (Å²) in [7, 11) is 3.46. The number of methoxy groups -OCH3 is 2. The number of ether oxygens (including phenoxy) is 4. The molecule has 0 unspecified atom stereocenters. The summed E-state index contributed by atoms with van der Waals surface area (Å²) in [6, 6.07) is 43.1. The Morgan fingerprint density at radius 2 is 0.821 bits per heavy atom. The van der Waals surface area contributed by atoms with Crippen LogP contribution in [0.3, 0.4) is 0 Å². The number of hydrogen-bond acceptors (Lipinski definition) is 6. The molecule has 6 rings (SSSR count). The summed E-state index contributed by atoms with van der Waals surface area (Å²) in [6.45, 7) is 17.1. The maximum atomic E-state index is 6.15. The first-order valence-corrected chi connectivity index (χ1v) is 19.0. The Hall–Kier alpha value is -6.40. The molecule has 0 N–H and O–H groups in total. The minimum Gasteiger partial charge on any atom is -0.501 e. The van der Waals surface area contributed by atoms with Crippen LogP contribution in [-0.2, 0) is 22.3 Å². The highest BCUT2D eigenvalue weighted by Gasteiger charge is 2.21. The lowest BCUT2D eigenvalue weighted by Gasteiger charge is -2.29. The molecular weight excluding hydrogens is 693 g/mol. The second kappa shape index (κ2) is 18.3. The third-order valence-corrected chi connectivity index (χ3v) is 10.3. The molecule has 56 heavy (non-hydrogen) atoms. The lowest BCUT2D eigenvalue weighted by molar-refractivity contribution is 0.255. The van der Waals surface area contributed by atoms with E-state index in [0.29, 0.717) is 13.2 Å². The van der Waals surface area contributed by atoms with Gasteiger partial charge >= 0.3 is 0 Å². The molecule has 0 saturated carbocycles. The molecule has 0 bridgehead atoms. The van der Waals surface area contributed by atoms with Crippen molar-refractivity contribution in [1.29, 1.82) is 0 Å². The fraction of sp³-hybridized carbons (Fsp3) is 0.200. The van der Waals surface area contributed by atoms with Crippen LogP contribution >= 0.6 is 0 Å². The molecule has 0 aromatic heterocycles. The normalized spacial score (nSPS) is 10.8. The number of anilines is 6. The quantitative estimate of drug-likeness (QED) is 0.0684. The Balaban J connectivity index is 1.39. The summed E-state index contributed by atoms with van der Waals surface area (Å²) >= 11 is 0. The zero-order valence-corrected chi connectivity index (χ0v) is 33.5. The highest BCUT2D eigenvalue weighted by Crippen LogP contribution is 2.45. The second-order valence-electron chi connectivity index (χ2n) is 13.9. The van der Waals surface area contributed by atoms with E-state index in [0.717, 1.165) is 69.6 Å². The van der Waals surface area contributed by atoms with Crippen molar-refractivity contribution in [2.45, 2.75) is 40.5 Å². The molecule has 286 valence electrons. The molecular formula is C50H52N2O4. The van der Waals surface area contributed by atoms with Crippen LogP contribution in [-0.4, -0.2) is 27.4 Å². The molecule has 0 atom stereocenters. The van der Waals surface area contributed by atoms with E-state index in [1.165, 1.54) is 45.9 Å². The van der Waals surface area contributed by atoms with Crippen LogP contribution in [0, 0.1) is 27.7 Å². The van der Waals surface area contributed by atoms with Crippen LogP contribution in [0.25, 0.3) is 11.1 Å². The van der Waals surface area contributed by atoms with Crippen molar-refractivity contribution in [3.63, 3.8) is 0 Å². The molecule has 6 aromatic carbocycles. The summed E-state index contributed by atoms with van der Waals surface area (Å²) in [4.78, 5) is 4.50. The molecule has 0 aliphatic rings. The summed E-state index contributed by atoms with van der Waals surface area (Å²) in [5, 5.41) is 0. The van der Waals surface area contributed by atoms with E-state index in [1.807, 2.05) is 0 Å². The van der Waals surface area contributed by atoms with Gasteiger partial charge in [0.05, 0.1) is 51.3 Å². The van der Waals surface area contributed by atoms with E-state index in [4.69, 9.17) is 18.9 Å². The summed E-state index contributed by atoms with van der Waals surface area (Å²) < 4.78 is 23.1. The standard InChI is InChI=1S/C50H52N2O4/c1-9-55-29-27-39-13-21-43(22-14-39)51(45-19-11-35(3)37(5)31-45)47-25-17-41(33-49(47)53-7)42-18-26-48(50(34-42)54-8)52(46-20-12-36(4)38(6)32-46)44-23-15-40(16-24-44)28-30-56-10-2/h9-26,31-34H,1-2,27-30H2,3-8H3. The fourth-order valence-corrected chi connectivity index (χ4v) is 6.81. The predicted octanol–water partition coefficient (Wildman–Crippen LogP) is 12.9. The van der Waals surface area contributed by atoms with Gasteiger partial charge in [-0.3, -0.25) is 0 Å². The Bertz CT molecular complexity index is 2120. The fourth-order valence-electron chi connectivity index (χ4n) is 6.81. The van der Waals surface area contributed by atoms with Crippen molar-refractivity contribution in [3.8, 4) is 22.6 Å². The van der Waals surface area contributed by atoms with E-state index in [9.17, 15) is 0 Å². The zero-order valence-electron chi connectivity index (χ0n) is 33.5. The Morgan fingerprint density at radius 3 is 1.16 bits per heavy atom. The van der Waals surface area contributed by atoms with Gasteiger partial charge < -0.3 is 28.7 Å². The molecule has 0 aliphatic carbocycles. The van der Waals surface area contributed by atoms with Gasteiger partial charge in [-0.15, -0.1) is 0 Å². The number of hydrogen-bond donors (Lipinski definition) is 0. The first kappa shape index (κ1) is 39.3. The van der Waals surface area contributed by atoms with Crippen LogP contribution in [0.2, 0.25) is 0 Å². The van der Waals surface area contributed by atoms with Gasteiger partial charge in [-0.05, 0) is 145 Å². The largest absolute Gasteiger partial charge is 0.501 e. The summed E-state index contributed by atoms with van der Waals surface area (Å²) in [5.74, 6) is 1.50. The Labute approximate surface area is 332 Å². The van der Waals surface area contributed by atoms with Gasteiger partial charge in [-0.25, -0.2) is 0 Å². The average Bonchev–Trinajstić information content (AvgIpc) is 3.22. The van der Waals surface area contributed by atoms with Gasteiger partial charge in [0.25, 0.3) is 0 Å². The predicted molar refractivity (Wildman–Crippen MR) is 233 cm³/mol. The highest BCUT2D eigenvalue weighted by molar-refractivity contribution is 5.86.